The Morgan fingerprint density at radius 3 is 2.35 bits per heavy atom. The Morgan fingerprint density at radius 1 is 1.04 bits per heavy atom. The van der Waals surface area contributed by atoms with Gasteiger partial charge < -0.3 is 10.6 Å². The van der Waals surface area contributed by atoms with Crippen LogP contribution in [0.2, 0.25) is 5.02 Å². The molecule has 1 unspecified atom stereocenters. The highest BCUT2D eigenvalue weighted by Gasteiger charge is 2.13. The minimum Gasteiger partial charge on any atom is -0.350 e. The van der Waals surface area contributed by atoms with Crippen molar-refractivity contribution in [1.29, 1.82) is 0 Å². The first-order valence-corrected chi connectivity index (χ1v) is 7.86. The fourth-order valence-corrected chi connectivity index (χ4v) is 2.15. The lowest BCUT2D eigenvalue weighted by molar-refractivity contribution is 0.0939. The van der Waals surface area contributed by atoms with Gasteiger partial charge in [-0.05, 0) is 43.7 Å². The second kappa shape index (κ2) is 7.79. The molecule has 4 nitrogen and oxygen atoms in total. The van der Waals surface area contributed by atoms with Gasteiger partial charge in [0.1, 0.15) is 0 Å². The molecule has 0 saturated carbocycles. The Hall–Kier alpha value is -2.33. The number of carbonyl (C=O) groups is 2. The Kier molecular flexibility index (Phi) is 5.77. The zero-order valence-corrected chi connectivity index (χ0v) is 13.9. The summed E-state index contributed by atoms with van der Waals surface area (Å²) in [6.07, 6.45) is 0.846. The molecule has 0 saturated heterocycles. The van der Waals surface area contributed by atoms with Crippen molar-refractivity contribution in [3.63, 3.8) is 0 Å². The van der Waals surface area contributed by atoms with Crippen LogP contribution in [0.5, 0.6) is 0 Å². The van der Waals surface area contributed by atoms with Crippen molar-refractivity contribution in [2.24, 2.45) is 0 Å². The molecule has 2 aromatic rings. The van der Waals surface area contributed by atoms with E-state index in [0.717, 1.165) is 6.42 Å². The first-order chi connectivity index (χ1) is 11.0. The summed E-state index contributed by atoms with van der Waals surface area (Å²) in [5.41, 5.74) is 1.40. The molecule has 0 aliphatic carbocycles. The summed E-state index contributed by atoms with van der Waals surface area (Å²) in [4.78, 5) is 24.5. The molecule has 2 rings (SSSR count). The molecule has 0 spiro atoms. The SMILES string of the molecule is CCC(C)NC(=O)c1cccc(C(=O)Nc2ccccc2Cl)c1. The number of rotatable bonds is 5. The van der Waals surface area contributed by atoms with Crippen LogP contribution in [0, 0.1) is 0 Å². The van der Waals surface area contributed by atoms with Crippen molar-refractivity contribution in [1.82, 2.24) is 5.32 Å². The van der Waals surface area contributed by atoms with Crippen molar-refractivity contribution in [2.45, 2.75) is 26.3 Å². The lowest BCUT2D eigenvalue weighted by atomic mass is 10.1. The lowest BCUT2D eigenvalue weighted by Crippen LogP contribution is -2.32. The van der Waals surface area contributed by atoms with E-state index in [1.807, 2.05) is 13.8 Å². The van der Waals surface area contributed by atoms with E-state index in [0.29, 0.717) is 21.8 Å². The summed E-state index contributed by atoms with van der Waals surface area (Å²) in [6.45, 7) is 3.93. The number of halogens is 1. The normalized spacial score (nSPS) is 11.6. The molecule has 0 heterocycles. The Morgan fingerprint density at radius 2 is 1.70 bits per heavy atom. The third-order valence-electron chi connectivity index (χ3n) is 3.50. The highest BCUT2D eigenvalue weighted by atomic mass is 35.5. The predicted octanol–water partition coefficient (Wildman–Crippen LogP) is 4.12. The number of benzene rings is 2. The molecule has 1 atom stereocenters. The number of carbonyl (C=O) groups excluding carboxylic acids is 2. The zero-order valence-electron chi connectivity index (χ0n) is 13.1. The van der Waals surface area contributed by atoms with Crippen molar-refractivity contribution < 1.29 is 9.59 Å². The zero-order chi connectivity index (χ0) is 16.8. The summed E-state index contributed by atoms with van der Waals surface area (Å²) < 4.78 is 0. The molecule has 0 aliphatic heterocycles. The molecule has 2 amide bonds. The molecule has 5 heteroatoms. The van der Waals surface area contributed by atoms with Gasteiger partial charge in [0.25, 0.3) is 11.8 Å². The van der Waals surface area contributed by atoms with Gasteiger partial charge in [0.15, 0.2) is 0 Å². The molecule has 0 aromatic heterocycles. The number of para-hydroxylation sites is 1. The summed E-state index contributed by atoms with van der Waals surface area (Å²) in [5, 5.41) is 6.09. The van der Waals surface area contributed by atoms with E-state index < -0.39 is 0 Å². The van der Waals surface area contributed by atoms with E-state index in [-0.39, 0.29) is 17.9 Å². The fourth-order valence-electron chi connectivity index (χ4n) is 1.97. The number of amides is 2. The van der Waals surface area contributed by atoms with E-state index in [1.54, 1.807) is 48.5 Å². The summed E-state index contributed by atoms with van der Waals surface area (Å²) >= 11 is 6.03. The maximum atomic E-state index is 12.3. The van der Waals surface area contributed by atoms with E-state index in [4.69, 9.17) is 11.6 Å². The van der Waals surface area contributed by atoms with Gasteiger partial charge in [-0.1, -0.05) is 36.7 Å². The van der Waals surface area contributed by atoms with Crippen LogP contribution in [0.25, 0.3) is 0 Å². The van der Waals surface area contributed by atoms with Crippen molar-refractivity contribution in [3.05, 3.63) is 64.7 Å². The molecule has 0 fully saturated rings. The maximum absolute atomic E-state index is 12.3. The minimum absolute atomic E-state index is 0.0862. The van der Waals surface area contributed by atoms with Gasteiger partial charge in [0, 0.05) is 17.2 Å². The van der Waals surface area contributed by atoms with Crippen LogP contribution in [0.15, 0.2) is 48.5 Å². The van der Waals surface area contributed by atoms with Crippen LogP contribution in [0.1, 0.15) is 41.0 Å². The third kappa shape index (κ3) is 4.57. The molecular weight excluding hydrogens is 312 g/mol. The first-order valence-electron chi connectivity index (χ1n) is 7.48. The highest BCUT2D eigenvalue weighted by Crippen LogP contribution is 2.21. The van der Waals surface area contributed by atoms with Crippen LogP contribution in [-0.4, -0.2) is 17.9 Å². The van der Waals surface area contributed by atoms with Crippen molar-refractivity contribution >= 4 is 29.1 Å². The van der Waals surface area contributed by atoms with E-state index >= 15 is 0 Å². The fraction of sp³-hybridized carbons (Fsp3) is 0.222. The number of nitrogens with one attached hydrogen (secondary N) is 2. The van der Waals surface area contributed by atoms with E-state index in [9.17, 15) is 9.59 Å². The second-order valence-corrected chi connectivity index (χ2v) is 5.70. The van der Waals surface area contributed by atoms with E-state index in [1.165, 1.54) is 0 Å². The van der Waals surface area contributed by atoms with Gasteiger partial charge in [-0.3, -0.25) is 9.59 Å². The minimum atomic E-state index is -0.309. The first kappa shape index (κ1) is 17.0. The molecule has 2 N–H and O–H groups in total. The van der Waals surface area contributed by atoms with Crippen LogP contribution < -0.4 is 10.6 Å². The quantitative estimate of drug-likeness (QED) is 0.866. The largest absolute Gasteiger partial charge is 0.350 e. The highest BCUT2D eigenvalue weighted by molar-refractivity contribution is 6.33. The Bertz CT molecular complexity index is 716. The van der Waals surface area contributed by atoms with Gasteiger partial charge in [-0.15, -0.1) is 0 Å². The van der Waals surface area contributed by atoms with Gasteiger partial charge in [0.2, 0.25) is 0 Å². The topological polar surface area (TPSA) is 58.2 Å². The average molecular weight is 331 g/mol. The monoisotopic (exact) mass is 330 g/mol. The standard InChI is InChI=1S/C18H19ClN2O2/c1-3-12(2)20-17(22)13-7-6-8-14(11-13)18(23)21-16-10-5-4-9-15(16)19/h4-12H,3H2,1-2H3,(H,20,22)(H,21,23). The molecule has 0 aliphatic rings. The predicted molar refractivity (Wildman–Crippen MR) is 93.1 cm³/mol. The van der Waals surface area contributed by atoms with Crippen LogP contribution in [-0.2, 0) is 0 Å². The number of hydrogen-bond acceptors (Lipinski definition) is 2. The van der Waals surface area contributed by atoms with Gasteiger partial charge in [-0.2, -0.15) is 0 Å². The van der Waals surface area contributed by atoms with Gasteiger partial charge in [0.05, 0.1) is 10.7 Å². The van der Waals surface area contributed by atoms with Crippen molar-refractivity contribution in [3.8, 4) is 0 Å². The van der Waals surface area contributed by atoms with E-state index in [2.05, 4.69) is 10.6 Å². The summed E-state index contributed by atoms with van der Waals surface area (Å²) in [7, 11) is 0. The van der Waals surface area contributed by atoms with Gasteiger partial charge >= 0.3 is 0 Å². The number of hydrogen-bond donors (Lipinski definition) is 2. The van der Waals surface area contributed by atoms with Crippen LogP contribution >= 0.6 is 11.6 Å². The lowest BCUT2D eigenvalue weighted by Gasteiger charge is -2.12. The summed E-state index contributed by atoms with van der Waals surface area (Å²) in [6, 6.07) is 13.7. The number of anilines is 1. The molecule has 0 bridgehead atoms. The summed E-state index contributed by atoms with van der Waals surface area (Å²) in [5.74, 6) is -0.497. The second-order valence-electron chi connectivity index (χ2n) is 5.30. The maximum Gasteiger partial charge on any atom is 0.255 e. The molecule has 120 valence electrons. The average Bonchev–Trinajstić information content (AvgIpc) is 2.56. The molecule has 0 radical (unpaired) electrons. The Balaban J connectivity index is 2.14. The van der Waals surface area contributed by atoms with Crippen molar-refractivity contribution in [2.75, 3.05) is 5.32 Å². The third-order valence-corrected chi connectivity index (χ3v) is 3.83. The van der Waals surface area contributed by atoms with Crippen LogP contribution in [0.4, 0.5) is 5.69 Å². The molecule has 2 aromatic carbocycles. The smallest absolute Gasteiger partial charge is 0.255 e. The Labute approximate surface area is 140 Å². The molecule has 23 heavy (non-hydrogen) atoms. The van der Waals surface area contributed by atoms with Gasteiger partial charge in [-0.25, -0.2) is 0 Å². The molecular formula is C18H19ClN2O2. The van der Waals surface area contributed by atoms with Crippen LogP contribution in [0.3, 0.4) is 0 Å².